The minimum atomic E-state index is -1.47. The van der Waals surface area contributed by atoms with Crippen molar-refractivity contribution in [2.75, 3.05) is 33.7 Å². The second-order valence-electron chi connectivity index (χ2n) is 11.5. The third kappa shape index (κ3) is 5.94. The van der Waals surface area contributed by atoms with Crippen LogP contribution in [0.1, 0.15) is 51.9 Å². The van der Waals surface area contributed by atoms with Gasteiger partial charge in [0.15, 0.2) is 18.1 Å². The molecular formula is C37H34O11. The van der Waals surface area contributed by atoms with Crippen molar-refractivity contribution in [3.63, 3.8) is 0 Å². The fourth-order valence-electron chi connectivity index (χ4n) is 6.61. The first-order chi connectivity index (χ1) is 23.3. The second-order valence-corrected chi connectivity index (χ2v) is 11.5. The van der Waals surface area contributed by atoms with E-state index in [1.54, 1.807) is 78.9 Å². The van der Waals surface area contributed by atoms with Gasteiger partial charge in [-0.2, -0.15) is 0 Å². The molecule has 0 amide bonds. The monoisotopic (exact) mass is 654 g/mol. The average Bonchev–Trinajstić information content (AvgIpc) is 3.69. The lowest BCUT2D eigenvalue weighted by atomic mass is 9.67. The molecule has 0 bridgehead atoms. The number of hydrogen-bond donors (Lipinski definition) is 2. The van der Waals surface area contributed by atoms with E-state index in [-0.39, 0.29) is 19.1 Å². The Morgan fingerprint density at radius 1 is 0.854 bits per heavy atom. The first kappa shape index (κ1) is 32.2. The van der Waals surface area contributed by atoms with Crippen molar-refractivity contribution in [2.24, 2.45) is 5.92 Å². The van der Waals surface area contributed by atoms with Crippen LogP contribution < -0.4 is 23.7 Å². The van der Waals surface area contributed by atoms with Gasteiger partial charge in [-0.15, -0.1) is 0 Å². The zero-order chi connectivity index (χ0) is 33.8. The summed E-state index contributed by atoms with van der Waals surface area (Å²) in [4.78, 5) is 38.8. The van der Waals surface area contributed by atoms with Gasteiger partial charge >= 0.3 is 17.9 Å². The highest BCUT2D eigenvalue weighted by molar-refractivity contribution is 5.89. The Morgan fingerprint density at radius 2 is 1.62 bits per heavy atom. The highest BCUT2D eigenvalue weighted by Gasteiger charge is 2.59. The van der Waals surface area contributed by atoms with E-state index in [0.29, 0.717) is 57.4 Å². The van der Waals surface area contributed by atoms with Crippen molar-refractivity contribution in [2.45, 2.75) is 24.7 Å². The minimum Gasteiger partial charge on any atom is -0.497 e. The van der Waals surface area contributed by atoms with Crippen LogP contribution in [0.5, 0.6) is 28.7 Å². The van der Waals surface area contributed by atoms with Crippen LogP contribution in [0.3, 0.4) is 0 Å². The number of carbonyl (C=O) groups is 3. The SMILES string of the molecule is CCCOc1ccc2c(c1)C(c1ccc(OC)cc1OCC(=O)O)C(C(=O)O)C2(COC(=O)c1ccccc1)c1ccc2c(c1)OCO2. The quantitative estimate of drug-likeness (QED) is 0.172. The zero-order valence-electron chi connectivity index (χ0n) is 26.3. The van der Waals surface area contributed by atoms with Crippen molar-refractivity contribution in [1.29, 1.82) is 0 Å². The van der Waals surface area contributed by atoms with Crippen molar-refractivity contribution >= 4 is 17.9 Å². The molecule has 0 spiro atoms. The Hall–Kier alpha value is -5.71. The maximum Gasteiger partial charge on any atom is 0.341 e. The number of aliphatic carboxylic acids is 2. The number of carboxylic acid groups (broad SMARTS) is 2. The van der Waals surface area contributed by atoms with Crippen molar-refractivity contribution in [3.8, 4) is 28.7 Å². The summed E-state index contributed by atoms with van der Waals surface area (Å²) in [6.45, 7) is 1.40. The van der Waals surface area contributed by atoms with Crippen molar-refractivity contribution in [1.82, 2.24) is 0 Å². The summed E-state index contributed by atoms with van der Waals surface area (Å²) in [6, 6.07) is 23.9. The molecule has 0 saturated heterocycles. The average molecular weight is 655 g/mol. The van der Waals surface area contributed by atoms with Gasteiger partial charge in [-0.25, -0.2) is 9.59 Å². The molecule has 11 nitrogen and oxygen atoms in total. The van der Waals surface area contributed by atoms with Gasteiger partial charge in [-0.05, 0) is 65.6 Å². The summed E-state index contributed by atoms with van der Waals surface area (Å²) in [5, 5.41) is 20.7. The zero-order valence-corrected chi connectivity index (χ0v) is 26.3. The van der Waals surface area contributed by atoms with E-state index in [9.17, 15) is 24.6 Å². The molecule has 248 valence electrons. The van der Waals surface area contributed by atoms with Crippen LogP contribution >= 0.6 is 0 Å². The summed E-state index contributed by atoms with van der Waals surface area (Å²) in [7, 11) is 1.46. The molecule has 0 saturated carbocycles. The molecule has 4 aromatic carbocycles. The lowest BCUT2D eigenvalue weighted by Gasteiger charge is -2.36. The number of carboxylic acids is 2. The molecule has 0 radical (unpaired) electrons. The van der Waals surface area contributed by atoms with Crippen LogP contribution in [0.2, 0.25) is 0 Å². The topological polar surface area (TPSA) is 147 Å². The van der Waals surface area contributed by atoms with E-state index in [1.165, 1.54) is 13.2 Å². The molecule has 1 aliphatic carbocycles. The first-order valence-electron chi connectivity index (χ1n) is 15.4. The number of fused-ring (bicyclic) bond motifs is 2. The van der Waals surface area contributed by atoms with Gasteiger partial charge in [0.05, 0.1) is 30.6 Å². The van der Waals surface area contributed by atoms with Crippen LogP contribution in [-0.2, 0) is 19.7 Å². The number of methoxy groups -OCH3 is 1. The highest BCUT2D eigenvalue weighted by atomic mass is 16.7. The number of hydrogen-bond acceptors (Lipinski definition) is 9. The minimum absolute atomic E-state index is 0.00457. The molecular weight excluding hydrogens is 620 g/mol. The molecule has 48 heavy (non-hydrogen) atoms. The van der Waals surface area contributed by atoms with E-state index in [2.05, 4.69) is 0 Å². The van der Waals surface area contributed by atoms with Crippen molar-refractivity contribution < 1.29 is 53.0 Å². The number of rotatable bonds is 13. The summed E-state index contributed by atoms with van der Waals surface area (Å²) in [6.07, 6.45) is 0.750. The summed E-state index contributed by atoms with van der Waals surface area (Å²) in [5.74, 6) is -3.24. The Kier molecular flexibility index (Phi) is 9.11. The van der Waals surface area contributed by atoms with Crippen LogP contribution in [0, 0.1) is 5.92 Å². The molecule has 0 fully saturated rings. The normalized spacial score (nSPS) is 18.9. The molecule has 6 rings (SSSR count). The highest BCUT2D eigenvalue weighted by Crippen LogP contribution is 2.59. The van der Waals surface area contributed by atoms with Crippen LogP contribution in [0.4, 0.5) is 0 Å². The predicted octanol–water partition coefficient (Wildman–Crippen LogP) is 5.67. The molecule has 0 aromatic heterocycles. The molecule has 3 unspecified atom stereocenters. The van der Waals surface area contributed by atoms with Gasteiger partial charge in [0, 0.05) is 17.5 Å². The van der Waals surface area contributed by atoms with Crippen LogP contribution in [0.25, 0.3) is 0 Å². The summed E-state index contributed by atoms with van der Waals surface area (Å²) < 4.78 is 34.4. The summed E-state index contributed by atoms with van der Waals surface area (Å²) in [5.41, 5.74) is 0.953. The molecule has 4 aromatic rings. The standard InChI is InChI=1S/C37H34O11/c1-3-15-44-25-11-13-28-27(17-25)33(26-12-10-24(43-2)18-30(26)45-19-32(38)39)34(35(40)41)37(28,20-46-36(42)22-7-5-4-6-8-22)23-9-14-29-31(16-23)48-21-47-29/h4-14,16-18,33-34H,3,15,19-21H2,1-2H3,(H,38,39)(H,40,41). The van der Waals surface area contributed by atoms with E-state index in [0.717, 1.165) is 6.42 Å². The predicted molar refractivity (Wildman–Crippen MR) is 171 cm³/mol. The molecule has 1 aliphatic heterocycles. The lowest BCUT2D eigenvalue weighted by Crippen LogP contribution is -2.44. The maximum atomic E-state index is 13.8. The largest absolute Gasteiger partial charge is 0.497 e. The Labute approximate surface area is 276 Å². The van der Waals surface area contributed by atoms with E-state index >= 15 is 0 Å². The van der Waals surface area contributed by atoms with Gasteiger partial charge in [-0.1, -0.05) is 43.3 Å². The second kappa shape index (κ2) is 13.6. The first-order valence-corrected chi connectivity index (χ1v) is 15.4. The van der Waals surface area contributed by atoms with Crippen LogP contribution in [-0.4, -0.2) is 61.8 Å². The fourth-order valence-corrected chi connectivity index (χ4v) is 6.61. The number of benzene rings is 4. The number of esters is 1. The van der Waals surface area contributed by atoms with Gasteiger partial charge in [-0.3, -0.25) is 4.79 Å². The molecule has 11 heteroatoms. The lowest BCUT2D eigenvalue weighted by molar-refractivity contribution is -0.145. The fraction of sp³-hybridized carbons (Fsp3) is 0.270. The Bertz CT molecular complexity index is 1840. The third-order valence-corrected chi connectivity index (χ3v) is 8.68. The van der Waals surface area contributed by atoms with Crippen molar-refractivity contribution in [3.05, 3.63) is 113 Å². The summed E-state index contributed by atoms with van der Waals surface area (Å²) >= 11 is 0. The van der Waals surface area contributed by atoms with Gasteiger partial charge < -0.3 is 38.6 Å². The Balaban J connectivity index is 1.60. The maximum absolute atomic E-state index is 13.8. The Morgan fingerprint density at radius 3 is 2.35 bits per heavy atom. The van der Waals surface area contributed by atoms with Gasteiger partial charge in [0.25, 0.3) is 0 Å². The van der Waals surface area contributed by atoms with Gasteiger partial charge in [0.2, 0.25) is 6.79 Å². The third-order valence-electron chi connectivity index (χ3n) is 8.68. The number of carbonyl (C=O) groups excluding carboxylic acids is 1. The smallest absolute Gasteiger partial charge is 0.341 e. The van der Waals surface area contributed by atoms with Crippen LogP contribution in [0.15, 0.2) is 84.9 Å². The number of ether oxygens (including phenoxy) is 6. The molecule has 1 heterocycles. The molecule has 3 atom stereocenters. The molecule has 2 N–H and O–H groups in total. The van der Waals surface area contributed by atoms with E-state index in [4.69, 9.17) is 28.4 Å². The van der Waals surface area contributed by atoms with Gasteiger partial charge in [0.1, 0.15) is 23.9 Å². The molecule has 2 aliphatic rings. The van der Waals surface area contributed by atoms with E-state index in [1.807, 2.05) is 6.92 Å². The van der Waals surface area contributed by atoms with E-state index < -0.39 is 41.8 Å².